The number of hydrogen-bond donors (Lipinski definition) is 1. The molecule has 1 aromatic carbocycles. The van der Waals surface area contributed by atoms with E-state index in [0.29, 0.717) is 5.92 Å². The van der Waals surface area contributed by atoms with Crippen molar-refractivity contribution in [1.82, 2.24) is 9.80 Å². The molecule has 2 rings (SSSR count). The van der Waals surface area contributed by atoms with Gasteiger partial charge < -0.3 is 10.0 Å². The molecule has 20 heavy (non-hydrogen) atoms. The zero-order valence-corrected chi connectivity index (χ0v) is 12.2. The molecule has 4 heteroatoms. The van der Waals surface area contributed by atoms with Crippen LogP contribution in [0.3, 0.4) is 0 Å². The monoisotopic (exact) mass is 276 g/mol. The first-order valence-electron chi connectivity index (χ1n) is 7.36. The van der Waals surface area contributed by atoms with Gasteiger partial charge in [-0.3, -0.25) is 9.69 Å². The van der Waals surface area contributed by atoms with E-state index in [0.717, 1.165) is 39.1 Å². The molecular weight excluding hydrogens is 252 g/mol. The summed E-state index contributed by atoms with van der Waals surface area (Å²) in [6, 6.07) is 10.6. The van der Waals surface area contributed by atoms with Crippen LogP contribution in [0.4, 0.5) is 0 Å². The van der Waals surface area contributed by atoms with Crippen LogP contribution >= 0.6 is 0 Å². The van der Waals surface area contributed by atoms with E-state index >= 15 is 0 Å². The van der Waals surface area contributed by atoms with Crippen molar-refractivity contribution in [2.24, 2.45) is 0 Å². The average molecular weight is 276 g/mol. The highest BCUT2D eigenvalue weighted by atomic mass is 16.4. The van der Waals surface area contributed by atoms with Crippen molar-refractivity contribution in [2.75, 3.05) is 39.3 Å². The minimum atomic E-state index is -0.726. The summed E-state index contributed by atoms with van der Waals surface area (Å²) in [5, 5.41) is 8.86. The third kappa shape index (κ3) is 4.62. The molecule has 110 valence electrons. The number of carbonyl (C=O) groups is 1. The van der Waals surface area contributed by atoms with Crippen molar-refractivity contribution in [3.05, 3.63) is 35.9 Å². The first kappa shape index (κ1) is 15.0. The molecule has 1 aliphatic rings. The zero-order valence-electron chi connectivity index (χ0n) is 12.2. The van der Waals surface area contributed by atoms with E-state index in [2.05, 4.69) is 36.1 Å². The maximum absolute atomic E-state index is 10.8. The summed E-state index contributed by atoms with van der Waals surface area (Å²) in [5.74, 6) is -0.210. The fourth-order valence-corrected chi connectivity index (χ4v) is 2.83. The van der Waals surface area contributed by atoms with Gasteiger partial charge in [0.2, 0.25) is 0 Å². The van der Waals surface area contributed by atoms with Crippen LogP contribution in [0.15, 0.2) is 30.3 Å². The Balaban J connectivity index is 1.83. The van der Waals surface area contributed by atoms with Gasteiger partial charge in [-0.15, -0.1) is 0 Å². The van der Waals surface area contributed by atoms with Crippen LogP contribution in [-0.2, 0) is 4.79 Å². The topological polar surface area (TPSA) is 43.8 Å². The van der Waals surface area contributed by atoms with Gasteiger partial charge in [-0.2, -0.15) is 0 Å². The van der Waals surface area contributed by atoms with Gasteiger partial charge in [0.05, 0.1) is 6.54 Å². The molecule has 1 atom stereocenters. The van der Waals surface area contributed by atoms with Crippen molar-refractivity contribution in [3.63, 3.8) is 0 Å². The Morgan fingerprint density at radius 2 is 1.80 bits per heavy atom. The van der Waals surface area contributed by atoms with E-state index in [9.17, 15) is 4.79 Å². The van der Waals surface area contributed by atoms with Crippen molar-refractivity contribution < 1.29 is 9.90 Å². The lowest BCUT2D eigenvalue weighted by Crippen LogP contribution is -2.35. The smallest absolute Gasteiger partial charge is 0.317 e. The number of hydrogen-bond acceptors (Lipinski definition) is 3. The number of rotatable bonds is 5. The molecule has 1 aromatic rings. The Kier molecular flexibility index (Phi) is 5.56. The highest BCUT2D eigenvalue weighted by Gasteiger charge is 2.18. The zero-order chi connectivity index (χ0) is 14.4. The Morgan fingerprint density at radius 1 is 1.15 bits per heavy atom. The molecule has 0 aliphatic carbocycles. The largest absolute Gasteiger partial charge is 0.480 e. The summed E-state index contributed by atoms with van der Waals surface area (Å²) in [7, 11) is 0. The van der Waals surface area contributed by atoms with Crippen molar-refractivity contribution in [3.8, 4) is 0 Å². The molecular formula is C16H24N2O2. The Labute approximate surface area is 121 Å². The van der Waals surface area contributed by atoms with E-state index in [4.69, 9.17) is 5.11 Å². The summed E-state index contributed by atoms with van der Waals surface area (Å²) in [6.45, 7) is 7.25. The van der Waals surface area contributed by atoms with E-state index in [1.165, 1.54) is 5.56 Å². The molecule has 0 saturated carbocycles. The van der Waals surface area contributed by atoms with Crippen LogP contribution in [0.5, 0.6) is 0 Å². The summed E-state index contributed by atoms with van der Waals surface area (Å²) in [4.78, 5) is 15.3. The van der Waals surface area contributed by atoms with E-state index in [1.54, 1.807) is 0 Å². The Hall–Kier alpha value is -1.39. The first-order chi connectivity index (χ1) is 9.65. The number of carboxylic acids is 1. The van der Waals surface area contributed by atoms with Gasteiger partial charge >= 0.3 is 5.97 Å². The van der Waals surface area contributed by atoms with Crippen molar-refractivity contribution >= 4 is 5.97 Å². The lowest BCUT2D eigenvalue weighted by molar-refractivity contribution is -0.138. The minimum Gasteiger partial charge on any atom is -0.480 e. The minimum absolute atomic E-state index is 0.169. The van der Waals surface area contributed by atoms with Crippen LogP contribution in [-0.4, -0.2) is 60.1 Å². The Bertz CT molecular complexity index is 422. The molecule has 1 saturated heterocycles. The van der Waals surface area contributed by atoms with Gasteiger partial charge in [0.25, 0.3) is 0 Å². The first-order valence-corrected chi connectivity index (χ1v) is 7.36. The summed E-state index contributed by atoms with van der Waals surface area (Å²) in [6.07, 6.45) is 1.05. The number of benzene rings is 1. The van der Waals surface area contributed by atoms with Gasteiger partial charge in [0, 0.05) is 26.2 Å². The molecule has 0 aromatic heterocycles. The number of carboxylic acid groups (broad SMARTS) is 1. The Morgan fingerprint density at radius 3 is 2.50 bits per heavy atom. The summed E-state index contributed by atoms with van der Waals surface area (Å²) in [5.41, 5.74) is 1.37. The predicted molar refractivity (Wildman–Crippen MR) is 80.0 cm³/mol. The predicted octanol–water partition coefficient (Wildman–Crippen LogP) is 1.88. The second-order valence-electron chi connectivity index (χ2n) is 5.64. The second-order valence-corrected chi connectivity index (χ2v) is 5.64. The molecule has 1 heterocycles. The highest BCUT2D eigenvalue weighted by Crippen LogP contribution is 2.17. The number of nitrogens with zero attached hydrogens (tertiary/aromatic N) is 2. The van der Waals surface area contributed by atoms with Gasteiger partial charge in [-0.1, -0.05) is 37.3 Å². The van der Waals surface area contributed by atoms with E-state index in [1.807, 2.05) is 11.0 Å². The van der Waals surface area contributed by atoms with Crippen molar-refractivity contribution in [1.29, 1.82) is 0 Å². The summed E-state index contributed by atoms with van der Waals surface area (Å²) >= 11 is 0. The van der Waals surface area contributed by atoms with Crippen molar-refractivity contribution in [2.45, 2.75) is 19.3 Å². The fraction of sp³-hybridized carbons (Fsp3) is 0.562. The lowest BCUT2D eigenvalue weighted by Gasteiger charge is -2.24. The third-order valence-corrected chi connectivity index (χ3v) is 3.94. The van der Waals surface area contributed by atoms with Crippen LogP contribution in [0, 0.1) is 0 Å². The van der Waals surface area contributed by atoms with Crippen LogP contribution < -0.4 is 0 Å². The van der Waals surface area contributed by atoms with E-state index in [-0.39, 0.29) is 6.54 Å². The van der Waals surface area contributed by atoms with Crippen LogP contribution in [0.1, 0.15) is 24.8 Å². The molecule has 0 radical (unpaired) electrons. The van der Waals surface area contributed by atoms with Crippen LogP contribution in [0.2, 0.25) is 0 Å². The second kappa shape index (κ2) is 7.41. The highest BCUT2D eigenvalue weighted by molar-refractivity contribution is 5.69. The third-order valence-electron chi connectivity index (χ3n) is 3.94. The molecule has 0 bridgehead atoms. The van der Waals surface area contributed by atoms with Gasteiger partial charge in [0.15, 0.2) is 0 Å². The standard InChI is InChI=1S/C16H24N2O2/c1-14(15-6-3-2-4-7-15)12-17-8-5-9-18(11-10-17)13-16(19)20/h2-4,6-7,14H,5,8-13H2,1H3,(H,19,20). The molecule has 0 spiro atoms. The normalized spacial score (nSPS) is 19.4. The SMILES string of the molecule is CC(CN1CCCN(CC(=O)O)CC1)c1ccccc1. The molecule has 1 N–H and O–H groups in total. The fourth-order valence-electron chi connectivity index (χ4n) is 2.83. The van der Waals surface area contributed by atoms with Gasteiger partial charge in [0.1, 0.15) is 0 Å². The summed E-state index contributed by atoms with van der Waals surface area (Å²) < 4.78 is 0. The number of aliphatic carboxylic acids is 1. The molecule has 4 nitrogen and oxygen atoms in total. The molecule has 1 unspecified atom stereocenters. The van der Waals surface area contributed by atoms with E-state index < -0.39 is 5.97 Å². The maximum atomic E-state index is 10.8. The molecule has 1 fully saturated rings. The molecule has 1 aliphatic heterocycles. The average Bonchev–Trinajstić information content (AvgIpc) is 2.65. The lowest BCUT2D eigenvalue weighted by atomic mass is 10.0. The van der Waals surface area contributed by atoms with Gasteiger partial charge in [-0.25, -0.2) is 0 Å². The molecule has 0 amide bonds. The maximum Gasteiger partial charge on any atom is 0.317 e. The quantitative estimate of drug-likeness (QED) is 0.892. The van der Waals surface area contributed by atoms with Gasteiger partial charge in [-0.05, 0) is 24.4 Å². The van der Waals surface area contributed by atoms with Crippen LogP contribution in [0.25, 0.3) is 0 Å².